The molecular formula is C38H45N3O4S. The molecule has 0 heterocycles. The van der Waals surface area contributed by atoms with E-state index in [2.05, 4.69) is 12.2 Å². The van der Waals surface area contributed by atoms with Gasteiger partial charge in [-0.1, -0.05) is 97.8 Å². The van der Waals surface area contributed by atoms with Gasteiger partial charge in [0.25, 0.3) is 10.0 Å². The largest absolute Gasteiger partial charge is 0.354 e. The van der Waals surface area contributed by atoms with Gasteiger partial charge in [-0.3, -0.25) is 13.9 Å². The standard InChI is InChI=1S/C38H45N3O4S/c1-6-7-24-39-38(43)36(25-32-16-9-8-10-17-32)40(26-33-18-12-11-14-30(33)4)37(42)27-41(35-19-13-15-29(3)31(35)5)46(44,45)34-22-20-28(2)21-23-34/h8-23,36H,6-7,24-27H2,1-5H3,(H,39,43). The molecule has 0 aliphatic heterocycles. The lowest BCUT2D eigenvalue weighted by molar-refractivity contribution is -0.140. The summed E-state index contributed by atoms with van der Waals surface area (Å²) in [6, 6.07) is 28.5. The summed E-state index contributed by atoms with van der Waals surface area (Å²) < 4.78 is 29.8. The molecule has 242 valence electrons. The van der Waals surface area contributed by atoms with Crippen LogP contribution in [0.4, 0.5) is 5.69 Å². The second-order valence-corrected chi connectivity index (χ2v) is 13.7. The van der Waals surface area contributed by atoms with Crippen molar-refractivity contribution in [3.8, 4) is 0 Å². The normalized spacial score (nSPS) is 11.9. The predicted molar refractivity (Wildman–Crippen MR) is 185 cm³/mol. The maximum atomic E-state index is 14.7. The first-order chi connectivity index (χ1) is 22.0. The van der Waals surface area contributed by atoms with Crippen molar-refractivity contribution in [3.05, 3.63) is 130 Å². The number of aryl methyl sites for hydroxylation is 3. The first-order valence-electron chi connectivity index (χ1n) is 15.8. The third kappa shape index (κ3) is 8.43. The quantitative estimate of drug-likeness (QED) is 0.156. The van der Waals surface area contributed by atoms with Crippen LogP contribution in [0.15, 0.2) is 102 Å². The molecule has 0 saturated heterocycles. The van der Waals surface area contributed by atoms with Crippen molar-refractivity contribution >= 4 is 27.5 Å². The molecule has 46 heavy (non-hydrogen) atoms. The molecule has 8 heteroatoms. The van der Waals surface area contributed by atoms with E-state index in [0.717, 1.165) is 46.2 Å². The second kappa shape index (κ2) is 15.7. The Morgan fingerprint density at radius 2 is 1.43 bits per heavy atom. The van der Waals surface area contributed by atoms with Gasteiger partial charge in [-0.05, 0) is 80.1 Å². The Balaban J connectivity index is 1.83. The van der Waals surface area contributed by atoms with E-state index in [1.807, 2.05) is 88.4 Å². The molecule has 0 aliphatic carbocycles. The Hall–Kier alpha value is -4.43. The van der Waals surface area contributed by atoms with Gasteiger partial charge < -0.3 is 10.2 Å². The fourth-order valence-corrected chi connectivity index (χ4v) is 6.86. The molecule has 1 atom stereocenters. The van der Waals surface area contributed by atoms with Gasteiger partial charge in [0.1, 0.15) is 12.6 Å². The Kier molecular flexibility index (Phi) is 11.8. The smallest absolute Gasteiger partial charge is 0.264 e. The number of sulfonamides is 1. The first kappa shape index (κ1) is 34.4. The molecule has 0 bridgehead atoms. The van der Waals surface area contributed by atoms with Crippen LogP contribution in [0.25, 0.3) is 0 Å². The lowest BCUT2D eigenvalue weighted by atomic mass is 10.0. The molecule has 1 N–H and O–H groups in total. The fourth-order valence-electron chi connectivity index (χ4n) is 5.39. The highest BCUT2D eigenvalue weighted by Gasteiger charge is 2.35. The molecule has 0 saturated carbocycles. The van der Waals surface area contributed by atoms with E-state index in [1.54, 1.807) is 41.3 Å². The molecule has 0 radical (unpaired) electrons. The number of carbonyl (C=O) groups is 2. The van der Waals surface area contributed by atoms with Crippen LogP contribution in [0.3, 0.4) is 0 Å². The van der Waals surface area contributed by atoms with Crippen molar-refractivity contribution in [2.45, 2.75) is 71.4 Å². The average Bonchev–Trinajstić information content (AvgIpc) is 3.04. The molecule has 0 spiro atoms. The molecule has 0 aliphatic rings. The summed E-state index contributed by atoms with van der Waals surface area (Å²) in [6.07, 6.45) is 2.01. The lowest BCUT2D eigenvalue weighted by Gasteiger charge is -2.34. The van der Waals surface area contributed by atoms with Gasteiger partial charge in [-0.25, -0.2) is 8.42 Å². The molecule has 0 aromatic heterocycles. The van der Waals surface area contributed by atoms with Gasteiger partial charge in [-0.15, -0.1) is 0 Å². The molecule has 4 rings (SSSR count). The summed E-state index contributed by atoms with van der Waals surface area (Å²) in [5, 5.41) is 3.04. The highest BCUT2D eigenvalue weighted by Crippen LogP contribution is 2.29. The summed E-state index contributed by atoms with van der Waals surface area (Å²) in [6.45, 7) is 9.85. The van der Waals surface area contributed by atoms with Crippen LogP contribution < -0.4 is 9.62 Å². The highest BCUT2D eigenvalue weighted by atomic mass is 32.2. The van der Waals surface area contributed by atoms with Crippen molar-refractivity contribution in [2.75, 3.05) is 17.4 Å². The van der Waals surface area contributed by atoms with Gasteiger partial charge in [0.05, 0.1) is 10.6 Å². The van der Waals surface area contributed by atoms with Crippen molar-refractivity contribution in [3.63, 3.8) is 0 Å². The summed E-state index contributed by atoms with van der Waals surface area (Å²) in [5.41, 5.74) is 5.78. The van der Waals surface area contributed by atoms with Crippen LogP contribution in [0.1, 0.15) is 53.1 Å². The maximum absolute atomic E-state index is 14.7. The third-order valence-corrected chi connectivity index (χ3v) is 10.2. The Labute approximate surface area is 274 Å². The number of hydrogen-bond donors (Lipinski definition) is 1. The zero-order valence-electron chi connectivity index (χ0n) is 27.5. The van der Waals surface area contributed by atoms with Crippen LogP contribution in [-0.2, 0) is 32.6 Å². The number of anilines is 1. The molecule has 1 unspecified atom stereocenters. The van der Waals surface area contributed by atoms with Crippen LogP contribution in [0.5, 0.6) is 0 Å². The average molecular weight is 640 g/mol. The summed E-state index contributed by atoms with van der Waals surface area (Å²) in [7, 11) is -4.16. The van der Waals surface area contributed by atoms with Crippen molar-refractivity contribution in [1.82, 2.24) is 10.2 Å². The Morgan fingerprint density at radius 1 is 0.783 bits per heavy atom. The second-order valence-electron chi connectivity index (χ2n) is 11.8. The van der Waals surface area contributed by atoms with Crippen molar-refractivity contribution in [1.29, 1.82) is 0 Å². The molecular weight excluding hydrogens is 595 g/mol. The number of benzene rings is 4. The van der Waals surface area contributed by atoms with Crippen LogP contribution in [-0.4, -0.2) is 44.3 Å². The SMILES string of the molecule is CCCCNC(=O)C(Cc1ccccc1)N(Cc1ccccc1C)C(=O)CN(c1cccc(C)c1C)S(=O)(=O)c1ccc(C)cc1. The third-order valence-electron chi connectivity index (χ3n) is 8.44. The number of carbonyl (C=O) groups excluding carboxylic acids is 2. The molecule has 0 fully saturated rings. The van der Waals surface area contributed by atoms with E-state index in [1.165, 1.54) is 4.31 Å². The Bertz CT molecular complexity index is 1740. The number of unbranched alkanes of at least 4 members (excludes halogenated alkanes) is 1. The predicted octanol–water partition coefficient (Wildman–Crippen LogP) is 6.67. The van der Waals surface area contributed by atoms with Crippen LogP contribution in [0, 0.1) is 27.7 Å². The topological polar surface area (TPSA) is 86.8 Å². The lowest BCUT2D eigenvalue weighted by Crippen LogP contribution is -2.53. The number of nitrogens with one attached hydrogen (secondary N) is 1. The van der Waals surface area contributed by atoms with E-state index in [-0.39, 0.29) is 23.8 Å². The monoisotopic (exact) mass is 639 g/mol. The number of rotatable bonds is 14. The number of amides is 2. The van der Waals surface area contributed by atoms with E-state index in [9.17, 15) is 18.0 Å². The van der Waals surface area contributed by atoms with Gasteiger partial charge in [-0.2, -0.15) is 0 Å². The minimum absolute atomic E-state index is 0.0930. The maximum Gasteiger partial charge on any atom is 0.264 e. The Morgan fingerprint density at radius 3 is 2.11 bits per heavy atom. The fraction of sp³-hybridized carbons (Fsp3) is 0.316. The van der Waals surface area contributed by atoms with Crippen molar-refractivity contribution in [2.24, 2.45) is 0 Å². The van der Waals surface area contributed by atoms with Crippen molar-refractivity contribution < 1.29 is 18.0 Å². The number of nitrogens with zero attached hydrogens (tertiary/aromatic N) is 2. The van der Waals surface area contributed by atoms with E-state index in [4.69, 9.17) is 0 Å². The first-order valence-corrected chi connectivity index (χ1v) is 17.3. The zero-order chi connectivity index (χ0) is 33.3. The van der Waals surface area contributed by atoms with E-state index < -0.39 is 28.5 Å². The number of hydrogen-bond acceptors (Lipinski definition) is 4. The minimum atomic E-state index is -4.16. The minimum Gasteiger partial charge on any atom is -0.354 e. The summed E-state index contributed by atoms with van der Waals surface area (Å²) in [5.74, 6) is -0.731. The summed E-state index contributed by atoms with van der Waals surface area (Å²) in [4.78, 5) is 30.2. The summed E-state index contributed by atoms with van der Waals surface area (Å²) >= 11 is 0. The van der Waals surface area contributed by atoms with Gasteiger partial charge >= 0.3 is 0 Å². The van der Waals surface area contributed by atoms with E-state index in [0.29, 0.717) is 12.2 Å². The van der Waals surface area contributed by atoms with Gasteiger partial charge in [0, 0.05) is 19.5 Å². The van der Waals surface area contributed by atoms with Crippen LogP contribution >= 0.6 is 0 Å². The molecule has 4 aromatic carbocycles. The molecule has 4 aromatic rings. The van der Waals surface area contributed by atoms with Crippen LogP contribution in [0.2, 0.25) is 0 Å². The van der Waals surface area contributed by atoms with E-state index >= 15 is 0 Å². The molecule has 2 amide bonds. The molecule has 7 nitrogen and oxygen atoms in total. The van der Waals surface area contributed by atoms with Gasteiger partial charge in [0.15, 0.2) is 0 Å². The highest BCUT2D eigenvalue weighted by molar-refractivity contribution is 7.92. The van der Waals surface area contributed by atoms with Gasteiger partial charge in [0.2, 0.25) is 11.8 Å². The zero-order valence-corrected chi connectivity index (χ0v) is 28.3.